The lowest BCUT2D eigenvalue weighted by molar-refractivity contribution is -0.138. The van der Waals surface area contributed by atoms with Crippen LogP contribution in [0.4, 0.5) is 0 Å². The van der Waals surface area contributed by atoms with Crippen molar-refractivity contribution in [3.63, 3.8) is 0 Å². The molecule has 4 nitrogen and oxygen atoms in total. The topological polar surface area (TPSA) is 63.1 Å². The van der Waals surface area contributed by atoms with Gasteiger partial charge in [-0.3, -0.25) is 4.79 Å². The Morgan fingerprint density at radius 3 is 2.55 bits per heavy atom. The van der Waals surface area contributed by atoms with Gasteiger partial charge >= 0.3 is 5.97 Å². The van der Waals surface area contributed by atoms with Crippen molar-refractivity contribution in [2.24, 2.45) is 0 Å². The van der Waals surface area contributed by atoms with Crippen molar-refractivity contribution >= 4 is 5.97 Å². The van der Waals surface area contributed by atoms with E-state index >= 15 is 0 Å². The second-order valence-corrected chi connectivity index (χ2v) is 2.17. The maximum atomic E-state index is 10.4. The number of rotatable bonds is 2. The summed E-state index contributed by atoms with van der Waals surface area (Å²) >= 11 is 0. The minimum Gasteiger partial charge on any atom is -0.481 e. The molecule has 1 heterocycles. The van der Waals surface area contributed by atoms with E-state index in [4.69, 9.17) is 5.11 Å². The minimum absolute atomic E-state index is 0.347. The van der Waals surface area contributed by atoms with E-state index in [1.54, 1.807) is 13.0 Å². The fourth-order valence-corrected chi connectivity index (χ4v) is 0.645. The Morgan fingerprint density at radius 2 is 2.09 bits per heavy atom. The van der Waals surface area contributed by atoms with Crippen LogP contribution < -0.4 is 0 Å². The van der Waals surface area contributed by atoms with Gasteiger partial charge < -0.3 is 5.11 Å². The lowest BCUT2D eigenvalue weighted by Crippen LogP contribution is -2.10. The molecule has 0 unspecified atom stereocenters. The number of nitrogens with zero attached hydrogens (tertiary/aromatic N) is 2. The maximum Gasteiger partial charge on any atom is 0.313 e. The highest BCUT2D eigenvalue weighted by atomic mass is 16.4. The van der Waals surface area contributed by atoms with E-state index in [0.29, 0.717) is 5.82 Å². The van der Waals surface area contributed by atoms with E-state index in [1.807, 2.05) is 0 Å². The molecular weight excluding hydrogens is 144 g/mol. The summed E-state index contributed by atoms with van der Waals surface area (Å²) in [6, 6.07) is 1.65. The Bertz CT molecular complexity index is 248. The molecule has 1 aromatic heterocycles. The normalized spacial score (nSPS) is 12.5. The number of hydrogen-bond acceptors (Lipinski definition) is 3. The Labute approximate surface area is 63.9 Å². The average molecular weight is 152 g/mol. The zero-order valence-electron chi connectivity index (χ0n) is 6.06. The smallest absolute Gasteiger partial charge is 0.313 e. The van der Waals surface area contributed by atoms with E-state index in [2.05, 4.69) is 9.97 Å². The van der Waals surface area contributed by atoms with Crippen LogP contribution in [0.25, 0.3) is 0 Å². The van der Waals surface area contributed by atoms with Crippen LogP contribution in [0.1, 0.15) is 18.7 Å². The molecule has 0 aliphatic rings. The molecule has 0 saturated heterocycles. The Morgan fingerprint density at radius 1 is 1.55 bits per heavy atom. The van der Waals surface area contributed by atoms with E-state index in [0.717, 1.165) is 0 Å². The monoisotopic (exact) mass is 152 g/mol. The quantitative estimate of drug-likeness (QED) is 0.676. The van der Waals surface area contributed by atoms with Gasteiger partial charge in [-0.15, -0.1) is 0 Å². The van der Waals surface area contributed by atoms with Gasteiger partial charge in [0.05, 0.1) is 0 Å². The SMILES string of the molecule is C[C@@H](C(=O)O)c1ncccn1. The molecule has 0 bridgehead atoms. The van der Waals surface area contributed by atoms with Crippen LogP contribution in [0.2, 0.25) is 0 Å². The van der Waals surface area contributed by atoms with Gasteiger partial charge in [-0.05, 0) is 13.0 Å². The molecule has 0 radical (unpaired) electrons. The minimum atomic E-state index is -0.906. The van der Waals surface area contributed by atoms with Gasteiger partial charge in [0, 0.05) is 12.4 Å². The van der Waals surface area contributed by atoms with Gasteiger partial charge in [0.1, 0.15) is 11.7 Å². The molecule has 0 aromatic carbocycles. The van der Waals surface area contributed by atoms with Gasteiger partial charge in [-0.2, -0.15) is 0 Å². The number of aliphatic carboxylic acids is 1. The molecule has 0 aliphatic heterocycles. The zero-order chi connectivity index (χ0) is 8.27. The molecule has 0 fully saturated rings. The molecule has 1 N–H and O–H groups in total. The maximum absolute atomic E-state index is 10.4. The summed E-state index contributed by atoms with van der Waals surface area (Å²) < 4.78 is 0. The van der Waals surface area contributed by atoms with Crippen molar-refractivity contribution in [2.45, 2.75) is 12.8 Å². The lowest BCUT2D eigenvalue weighted by atomic mass is 10.2. The Kier molecular flexibility index (Phi) is 2.15. The molecule has 1 aromatic rings. The predicted octanol–water partition coefficient (Wildman–Crippen LogP) is 0.665. The lowest BCUT2D eigenvalue weighted by Gasteiger charge is -2.01. The van der Waals surface area contributed by atoms with Crippen LogP contribution in [0.15, 0.2) is 18.5 Å². The van der Waals surface area contributed by atoms with Crippen molar-refractivity contribution in [3.05, 3.63) is 24.3 Å². The Balaban J connectivity index is 2.85. The average Bonchev–Trinajstić information content (AvgIpc) is 2.05. The second-order valence-electron chi connectivity index (χ2n) is 2.17. The second kappa shape index (κ2) is 3.09. The first-order valence-electron chi connectivity index (χ1n) is 3.21. The molecular formula is C7H8N2O2. The van der Waals surface area contributed by atoms with Gasteiger partial charge in [-0.1, -0.05) is 0 Å². The molecule has 1 atom stereocenters. The predicted molar refractivity (Wildman–Crippen MR) is 38.1 cm³/mol. The summed E-state index contributed by atoms with van der Waals surface area (Å²) in [7, 11) is 0. The molecule has 1 rings (SSSR count). The van der Waals surface area contributed by atoms with E-state index in [-0.39, 0.29) is 0 Å². The molecule has 0 spiro atoms. The van der Waals surface area contributed by atoms with E-state index in [9.17, 15) is 4.79 Å². The highest BCUT2D eigenvalue weighted by Gasteiger charge is 2.15. The summed E-state index contributed by atoms with van der Waals surface area (Å²) in [5.41, 5.74) is 0. The number of aromatic nitrogens is 2. The first-order valence-corrected chi connectivity index (χ1v) is 3.21. The molecule has 4 heteroatoms. The number of hydrogen-bond donors (Lipinski definition) is 1. The Hall–Kier alpha value is -1.45. The van der Waals surface area contributed by atoms with Crippen molar-refractivity contribution in [3.8, 4) is 0 Å². The van der Waals surface area contributed by atoms with Crippen LogP contribution >= 0.6 is 0 Å². The van der Waals surface area contributed by atoms with Gasteiger partial charge in [0.15, 0.2) is 0 Å². The van der Waals surface area contributed by atoms with Crippen molar-refractivity contribution in [2.75, 3.05) is 0 Å². The molecule has 0 amide bonds. The first-order chi connectivity index (χ1) is 5.22. The standard InChI is InChI=1S/C7H8N2O2/c1-5(7(10)11)6-8-3-2-4-9-6/h2-5H,1H3,(H,10,11)/t5-/m1/s1. The summed E-state index contributed by atoms with van der Waals surface area (Å²) in [6.45, 7) is 1.55. The fraction of sp³-hybridized carbons (Fsp3) is 0.286. The van der Waals surface area contributed by atoms with Crippen LogP contribution in [0.3, 0.4) is 0 Å². The van der Waals surface area contributed by atoms with E-state index < -0.39 is 11.9 Å². The molecule has 58 valence electrons. The van der Waals surface area contributed by atoms with Crippen molar-refractivity contribution < 1.29 is 9.90 Å². The van der Waals surface area contributed by atoms with Crippen LogP contribution in [0, 0.1) is 0 Å². The van der Waals surface area contributed by atoms with Crippen LogP contribution in [-0.2, 0) is 4.79 Å². The number of carboxylic acids is 1. The van der Waals surface area contributed by atoms with Gasteiger partial charge in [0.25, 0.3) is 0 Å². The van der Waals surface area contributed by atoms with Crippen molar-refractivity contribution in [1.29, 1.82) is 0 Å². The third-order valence-electron chi connectivity index (χ3n) is 1.34. The molecule has 0 saturated carbocycles. The molecule has 0 aliphatic carbocycles. The highest BCUT2D eigenvalue weighted by Crippen LogP contribution is 2.07. The third kappa shape index (κ3) is 1.73. The number of carbonyl (C=O) groups is 1. The highest BCUT2D eigenvalue weighted by molar-refractivity contribution is 5.74. The number of carboxylic acid groups (broad SMARTS) is 1. The summed E-state index contributed by atoms with van der Waals surface area (Å²) in [5, 5.41) is 8.56. The first kappa shape index (κ1) is 7.65. The fourth-order valence-electron chi connectivity index (χ4n) is 0.645. The van der Waals surface area contributed by atoms with Crippen molar-refractivity contribution in [1.82, 2.24) is 9.97 Å². The van der Waals surface area contributed by atoms with Crippen LogP contribution in [-0.4, -0.2) is 21.0 Å². The van der Waals surface area contributed by atoms with Gasteiger partial charge in [-0.25, -0.2) is 9.97 Å². The van der Waals surface area contributed by atoms with Crippen LogP contribution in [0.5, 0.6) is 0 Å². The zero-order valence-corrected chi connectivity index (χ0v) is 6.06. The summed E-state index contributed by atoms with van der Waals surface area (Å²) in [5.74, 6) is -1.19. The largest absolute Gasteiger partial charge is 0.481 e. The summed E-state index contributed by atoms with van der Waals surface area (Å²) in [4.78, 5) is 18.0. The third-order valence-corrected chi connectivity index (χ3v) is 1.34. The van der Waals surface area contributed by atoms with E-state index in [1.165, 1.54) is 12.4 Å². The van der Waals surface area contributed by atoms with Gasteiger partial charge in [0.2, 0.25) is 0 Å². The summed E-state index contributed by atoms with van der Waals surface area (Å²) in [6.07, 6.45) is 3.06. The molecule has 11 heavy (non-hydrogen) atoms.